The van der Waals surface area contributed by atoms with E-state index in [1.165, 1.54) is 0 Å². The molecule has 3 aromatic rings. The van der Waals surface area contributed by atoms with Crippen LogP contribution in [-0.2, 0) is 27.3 Å². The Kier molecular flexibility index (Phi) is 11.1. The van der Waals surface area contributed by atoms with Crippen molar-refractivity contribution in [3.05, 3.63) is 106 Å². The lowest BCUT2D eigenvalue weighted by molar-refractivity contribution is -0.141. The van der Waals surface area contributed by atoms with Crippen molar-refractivity contribution in [2.24, 2.45) is 0 Å². The number of carbonyl (C=O) groups is 3. The quantitative estimate of drug-likeness (QED) is 0.157. The first kappa shape index (κ1) is 36.1. The summed E-state index contributed by atoms with van der Waals surface area (Å²) in [5, 5.41) is 22.8. The second kappa shape index (κ2) is 15.7. The molecule has 6 rings (SSSR count). The summed E-state index contributed by atoms with van der Waals surface area (Å²) in [6.07, 6.45) is 1.10. The monoisotopic (exact) mass is 705 g/mol. The number of fused-ring (bicyclic) bond motifs is 2. The number of piperazine rings is 1. The number of aliphatic hydroxyl groups is 1. The number of aliphatic carboxylic acids is 1. The summed E-state index contributed by atoms with van der Waals surface area (Å²) in [5.74, 6) is -5.87. The third kappa shape index (κ3) is 8.62. The number of nitrogens with one attached hydrogen (secondary N) is 1. The molecular formula is C39H42F3N3O6. The number of nitrogens with zero attached hydrogens (tertiary/aromatic N) is 2. The van der Waals surface area contributed by atoms with Crippen LogP contribution in [0.2, 0.25) is 0 Å². The zero-order valence-electron chi connectivity index (χ0n) is 28.4. The molecule has 3 aromatic carbocycles. The van der Waals surface area contributed by atoms with Crippen LogP contribution in [0.4, 0.5) is 13.2 Å². The van der Waals surface area contributed by atoms with Crippen molar-refractivity contribution in [2.75, 3.05) is 19.7 Å². The molecule has 9 nitrogen and oxygen atoms in total. The van der Waals surface area contributed by atoms with Crippen molar-refractivity contribution < 1.29 is 42.5 Å². The maximum atomic E-state index is 14.7. The van der Waals surface area contributed by atoms with Crippen LogP contribution in [-0.4, -0.2) is 81.7 Å². The van der Waals surface area contributed by atoms with Gasteiger partial charge in [0.25, 0.3) is 5.91 Å². The van der Waals surface area contributed by atoms with Gasteiger partial charge in [-0.3, -0.25) is 14.4 Å². The Morgan fingerprint density at radius 1 is 0.980 bits per heavy atom. The second-order valence-electron chi connectivity index (χ2n) is 13.7. The third-order valence-electron chi connectivity index (χ3n) is 9.82. The van der Waals surface area contributed by atoms with Crippen molar-refractivity contribution in [2.45, 2.75) is 82.6 Å². The number of carboxylic acids is 1. The van der Waals surface area contributed by atoms with Crippen molar-refractivity contribution in [1.29, 1.82) is 0 Å². The van der Waals surface area contributed by atoms with Gasteiger partial charge in [-0.1, -0.05) is 48.5 Å². The van der Waals surface area contributed by atoms with E-state index in [9.17, 15) is 32.7 Å². The Morgan fingerprint density at radius 3 is 2.41 bits per heavy atom. The molecule has 3 aliphatic rings. The van der Waals surface area contributed by atoms with E-state index in [0.29, 0.717) is 44.0 Å². The minimum absolute atomic E-state index is 0.0156. The number of benzene rings is 3. The van der Waals surface area contributed by atoms with Crippen molar-refractivity contribution in [3.63, 3.8) is 0 Å². The van der Waals surface area contributed by atoms with Crippen molar-refractivity contribution in [3.8, 4) is 5.75 Å². The summed E-state index contributed by atoms with van der Waals surface area (Å²) in [6.45, 7) is 3.01. The average Bonchev–Trinajstić information content (AvgIpc) is 3.94. The van der Waals surface area contributed by atoms with Gasteiger partial charge in [-0.05, 0) is 79.0 Å². The maximum absolute atomic E-state index is 14.7. The van der Waals surface area contributed by atoms with Gasteiger partial charge in [0.05, 0.1) is 31.6 Å². The number of carboxylic acid groups (broad SMARTS) is 1. The fourth-order valence-electron chi connectivity index (χ4n) is 7.02. The number of aryl methyl sites for hydroxylation is 2. The number of hydrogen-bond donors (Lipinski definition) is 3. The normalized spacial score (nSPS) is 19.1. The first-order valence-corrected chi connectivity index (χ1v) is 17.4. The van der Waals surface area contributed by atoms with E-state index in [1.807, 2.05) is 60.4 Å². The van der Waals surface area contributed by atoms with Gasteiger partial charge in [0.2, 0.25) is 11.7 Å². The van der Waals surface area contributed by atoms with Gasteiger partial charge < -0.3 is 30.1 Å². The van der Waals surface area contributed by atoms with Gasteiger partial charge >= 0.3 is 5.97 Å². The number of rotatable bonds is 14. The van der Waals surface area contributed by atoms with Gasteiger partial charge in [-0.25, -0.2) is 8.78 Å². The number of halogens is 3. The number of ether oxygens (including phenoxy) is 1. The molecule has 3 atom stereocenters. The van der Waals surface area contributed by atoms with Gasteiger partial charge in [0.1, 0.15) is 0 Å². The van der Waals surface area contributed by atoms with Crippen LogP contribution in [0.25, 0.3) is 5.57 Å². The van der Waals surface area contributed by atoms with Crippen LogP contribution in [0.15, 0.2) is 66.2 Å². The summed E-state index contributed by atoms with van der Waals surface area (Å²) in [5.41, 5.74) is 5.46. The van der Waals surface area contributed by atoms with E-state index in [0.717, 1.165) is 46.7 Å². The highest BCUT2D eigenvalue weighted by atomic mass is 19.2. The highest BCUT2D eigenvalue weighted by Gasteiger charge is 2.43. The van der Waals surface area contributed by atoms with Gasteiger partial charge in [0, 0.05) is 37.3 Å². The molecule has 2 amide bonds. The number of amides is 2. The molecule has 2 heterocycles. The van der Waals surface area contributed by atoms with Crippen LogP contribution in [0, 0.1) is 24.4 Å². The lowest BCUT2D eigenvalue weighted by Crippen LogP contribution is -2.62. The van der Waals surface area contributed by atoms with Crippen molar-refractivity contribution >= 4 is 23.4 Å². The molecule has 0 aromatic heterocycles. The maximum Gasteiger partial charge on any atom is 0.305 e. The Morgan fingerprint density at radius 2 is 1.71 bits per heavy atom. The molecule has 51 heavy (non-hydrogen) atoms. The highest BCUT2D eigenvalue weighted by Crippen LogP contribution is 2.38. The van der Waals surface area contributed by atoms with Gasteiger partial charge in [-0.15, -0.1) is 0 Å². The number of hydrogen-bond acceptors (Lipinski definition) is 6. The van der Waals surface area contributed by atoms with Crippen molar-refractivity contribution in [1.82, 2.24) is 15.1 Å². The van der Waals surface area contributed by atoms with Crippen LogP contribution >= 0.6 is 0 Å². The Bertz CT molecular complexity index is 1810. The smallest absolute Gasteiger partial charge is 0.305 e. The van der Waals surface area contributed by atoms with E-state index < -0.39 is 47.7 Å². The standard InChI is InChI=1S/C39H42F3N3O6/c1-23-5-2-3-7-26(23)20-45(28-12-13-28)39(50)36-30(17-27-21-44(22-33(36)43-27)34(47)18-29(46)19-35(48)49)25-10-8-24(9-11-25)6-4-16-51-38-32(41)15-14-31(40)37(38)42/h2-3,5,7-11,14-15,27-29,33,43,46H,4,6,12-13,16-22H2,1H3,(H,48,49)/t27-,29+,33-/m1/s1. The SMILES string of the molecule is Cc1ccccc1CN(C(=O)C1=C(c2ccc(CCCOc3c(F)ccc(F)c3F)cc2)C[C@@H]2CN(C(=O)C[C@H](O)CC(=O)O)C[C@H]1N2)C1CC1. The molecule has 2 fully saturated rings. The molecule has 2 aliphatic heterocycles. The zero-order valence-corrected chi connectivity index (χ0v) is 28.4. The summed E-state index contributed by atoms with van der Waals surface area (Å²) in [7, 11) is 0. The predicted octanol–water partition coefficient (Wildman–Crippen LogP) is 5.17. The Hall–Kier alpha value is -4.68. The number of aliphatic hydroxyl groups excluding tert-OH is 1. The largest absolute Gasteiger partial charge is 0.488 e. The van der Waals surface area contributed by atoms with Crippen LogP contribution in [0.1, 0.15) is 60.8 Å². The molecule has 0 unspecified atom stereocenters. The van der Waals surface area contributed by atoms with E-state index >= 15 is 0 Å². The highest BCUT2D eigenvalue weighted by molar-refractivity contribution is 6.03. The Labute approximate surface area is 294 Å². The van der Waals surface area contributed by atoms with Gasteiger partial charge in [-0.2, -0.15) is 4.39 Å². The molecular weight excluding hydrogens is 663 g/mol. The molecule has 0 spiro atoms. The minimum atomic E-state index is -1.35. The fourth-order valence-corrected chi connectivity index (χ4v) is 7.02. The van der Waals surface area contributed by atoms with Crippen LogP contribution in [0.3, 0.4) is 0 Å². The molecule has 12 heteroatoms. The minimum Gasteiger partial charge on any atom is -0.488 e. The summed E-state index contributed by atoms with van der Waals surface area (Å²) in [6, 6.07) is 16.8. The topological polar surface area (TPSA) is 119 Å². The zero-order chi connectivity index (χ0) is 36.2. The molecule has 3 N–H and O–H groups in total. The molecule has 1 saturated heterocycles. The first-order chi connectivity index (χ1) is 24.5. The fraction of sp³-hybridized carbons (Fsp3) is 0.410. The molecule has 270 valence electrons. The van der Waals surface area contributed by atoms with E-state index in [1.54, 1.807) is 4.90 Å². The summed E-state index contributed by atoms with van der Waals surface area (Å²) < 4.78 is 46.6. The molecule has 1 aliphatic carbocycles. The van der Waals surface area contributed by atoms with E-state index in [4.69, 9.17) is 9.84 Å². The molecule has 2 bridgehead atoms. The summed E-state index contributed by atoms with van der Waals surface area (Å²) in [4.78, 5) is 42.6. The van der Waals surface area contributed by atoms with E-state index in [-0.39, 0.29) is 43.5 Å². The number of carbonyl (C=O) groups excluding carboxylic acids is 2. The third-order valence-corrected chi connectivity index (χ3v) is 9.82. The molecule has 1 saturated carbocycles. The first-order valence-electron chi connectivity index (χ1n) is 17.4. The summed E-state index contributed by atoms with van der Waals surface area (Å²) >= 11 is 0. The average molecular weight is 706 g/mol. The van der Waals surface area contributed by atoms with Crippen LogP contribution < -0.4 is 10.1 Å². The van der Waals surface area contributed by atoms with Gasteiger partial charge in [0.15, 0.2) is 17.4 Å². The van der Waals surface area contributed by atoms with Crippen LogP contribution in [0.5, 0.6) is 5.75 Å². The van der Waals surface area contributed by atoms with E-state index in [2.05, 4.69) is 5.32 Å². The molecule has 0 radical (unpaired) electrons. The Balaban J connectivity index is 1.23. The second-order valence-corrected chi connectivity index (χ2v) is 13.7. The lowest BCUT2D eigenvalue weighted by atomic mass is 9.82. The predicted molar refractivity (Wildman–Crippen MR) is 183 cm³/mol. The lowest BCUT2D eigenvalue weighted by Gasteiger charge is -2.45.